The maximum Gasteiger partial charge on any atom is 0.416 e. The first-order valence-electron chi connectivity index (χ1n) is 8.44. The number of amides is 2. The summed E-state index contributed by atoms with van der Waals surface area (Å²) in [6.45, 7) is 1.74. The SMILES string of the molecule is CCc1ccc(OCC(=O)NNC(=O)/C=C/c2ccc(C(F)(F)F)cc2)cc1. The molecule has 0 aromatic heterocycles. The van der Waals surface area contributed by atoms with Gasteiger partial charge in [-0.05, 0) is 47.9 Å². The Morgan fingerprint density at radius 3 is 2.21 bits per heavy atom. The summed E-state index contributed by atoms with van der Waals surface area (Å²) >= 11 is 0. The average molecular weight is 392 g/mol. The van der Waals surface area contributed by atoms with Crippen LogP contribution in [0.3, 0.4) is 0 Å². The first-order valence-corrected chi connectivity index (χ1v) is 8.44. The van der Waals surface area contributed by atoms with Crippen molar-refractivity contribution >= 4 is 17.9 Å². The minimum Gasteiger partial charge on any atom is -0.484 e. The van der Waals surface area contributed by atoms with Crippen LogP contribution in [0.1, 0.15) is 23.6 Å². The molecule has 2 N–H and O–H groups in total. The Morgan fingerprint density at radius 2 is 1.64 bits per heavy atom. The average Bonchev–Trinajstić information content (AvgIpc) is 2.69. The van der Waals surface area contributed by atoms with Crippen LogP contribution in [0.5, 0.6) is 5.75 Å². The third-order valence-corrected chi connectivity index (χ3v) is 3.69. The normalized spacial score (nSPS) is 11.3. The first kappa shape index (κ1) is 21.0. The van der Waals surface area contributed by atoms with E-state index in [1.54, 1.807) is 12.1 Å². The quantitative estimate of drug-likeness (QED) is 0.584. The molecular formula is C20H19F3N2O3. The molecule has 28 heavy (non-hydrogen) atoms. The zero-order chi connectivity index (χ0) is 20.6. The number of rotatable bonds is 6. The molecule has 0 aliphatic rings. The molecule has 2 amide bonds. The fourth-order valence-corrected chi connectivity index (χ4v) is 2.13. The van der Waals surface area contributed by atoms with E-state index in [0.29, 0.717) is 11.3 Å². The fourth-order valence-electron chi connectivity index (χ4n) is 2.13. The second-order valence-corrected chi connectivity index (χ2v) is 5.78. The van der Waals surface area contributed by atoms with Gasteiger partial charge >= 0.3 is 6.18 Å². The zero-order valence-electron chi connectivity index (χ0n) is 15.0. The lowest BCUT2D eigenvalue weighted by molar-refractivity contribution is -0.137. The van der Waals surface area contributed by atoms with Gasteiger partial charge in [0.25, 0.3) is 11.8 Å². The highest BCUT2D eigenvalue weighted by molar-refractivity contribution is 5.93. The van der Waals surface area contributed by atoms with E-state index in [0.717, 1.165) is 30.2 Å². The van der Waals surface area contributed by atoms with Crippen molar-refractivity contribution in [2.75, 3.05) is 6.61 Å². The van der Waals surface area contributed by atoms with Crippen LogP contribution in [0.4, 0.5) is 13.2 Å². The van der Waals surface area contributed by atoms with Crippen LogP contribution in [0.25, 0.3) is 6.08 Å². The molecule has 2 rings (SSSR count). The molecule has 0 aliphatic carbocycles. The van der Waals surface area contributed by atoms with Crippen LogP contribution >= 0.6 is 0 Å². The molecule has 0 saturated heterocycles. The van der Waals surface area contributed by atoms with E-state index < -0.39 is 23.6 Å². The number of ether oxygens (including phenoxy) is 1. The van der Waals surface area contributed by atoms with Gasteiger partial charge in [-0.1, -0.05) is 31.2 Å². The number of benzene rings is 2. The van der Waals surface area contributed by atoms with E-state index in [4.69, 9.17) is 4.74 Å². The molecule has 0 unspecified atom stereocenters. The van der Waals surface area contributed by atoms with Crippen LogP contribution in [-0.4, -0.2) is 18.4 Å². The van der Waals surface area contributed by atoms with Crippen molar-refractivity contribution in [2.24, 2.45) is 0 Å². The molecular weight excluding hydrogens is 373 g/mol. The summed E-state index contributed by atoms with van der Waals surface area (Å²) < 4.78 is 42.7. The Balaban J connectivity index is 1.75. The van der Waals surface area contributed by atoms with Crippen molar-refractivity contribution in [1.82, 2.24) is 10.9 Å². The van der Waals surface area contributed by atoms with Gasteiger partial charge in [0.05, 0.1) is 5.56 Å². The van der Waals surface area contributed by atoms with E-state index >= 15 is 0 Å². The molecule has 0 radical (unpaired) electrons. The number of carbonyl (C=O) groups is 2. The molecule has 0 fully saturated rings. The first-order chi connectivity index (χ1) is 13.3. The lowest BCUT2D eigenvalue weighted by Gasteiger charge is -2.08. The van der Waals surface area contributed by atoms with Crippen molar-refractivity contribution < 1.29 is 27.5 Å². The molecule has 8 heteroatoms. The van der Waals surface area contributed by atoms with E-state index in [-0.39, 0.29) is 6.61 Å². The molecule has 148 valence electrons. The van der Waals surface area contributed by atoms with Crippen molar-refractivity contribution in [3.8, 4) is 5.75 Å². The molecule has 0 heterocycles. The Labute approximate surface area is 160 Å². The van der Waals surface area contributed by atoms with Gasteiger partial charge in [0.15, 0.2) is 6.61 Å². The number of alkyl halides is 3. The summed E-state index contributed by atoms with van der Waals surface area (Å²) in [6.07, 6.45) is -1.10. The van der Waals surface area contributed by atoms with Gasteiger partial charge in [-0.2, -0.15) is 13.2 Å². The van der Waals surface area contributed by atoms with Gasteiger partial charge < -0.3 is 4.74 Å². The molecule has 0 spiro atoms. The van der Waals surface area contributed by atoms with Gasteiger partial charge in [0.1, 0.15) is 5.75 Å². The highest BCUT2D eigenvalue weighted by Crippen LogP contribution is 2.29. The summed E-state index contributed by atoms with van der Waals surface area (Å²) in [4.78, 5) is 23.3. The molecule has 0 bridgehead atoms. The van der Waals surface area contributed by atoms with E-state index in [1.165, 1.54) is 18.2 Å². The molecule has 0 aliphatic heterocycles. The molecule has 2 aromatic carbocycles. The second kappa shape index (κ2) is 9.59. The van der Waals surface area contributed by atoms with Gasteiger partial charge in [-0.15, -0.1) is 0 Å². The summed E-state index contributed by atoms with van der Waals surface area (Å²) in [5.74, 6) is -0.669. The van der Waals surface area contributed by atoms with Crippen molar-refractivity contribution in [2.45, 2.75) is 19.5 Å². The van der Waals surface area contributed by atoms with Crippen molar-refractivity contribution in [1.29, 1.82) is 0 Å². The predicted octanol–water partition coefficient (Wildman–Crippen LogP) is 3.51. The zero-order valence-corrected chi connectivity index (χ0v) is 15.0. The maximum atomic E-state index is 12.5. The monoisotopic (exact) mass is 392 g/mol. The van der Waals surface area contributed by atoms with Crippen LogP contribution in [-0.2, 0) is 22.2 Å². The fraction of sp³-hybridized carbons (Fsp3) is 0.200. The highest BCUT2D eigenvalue weighted by Gasteiger charge is 2.29. The topological polar surface area (TPSA) is 67.4 Å². The molecule has 0 saturated carbocycles. The number of carbonyl (C=O) groups excluding carboxylic acids is 2. The number of hydrogen-bond acceptors (Lipinski definition) is 3. The summed E-state index contributed by atoms with van der Waals surface area (Å²) in [7, 11) is 0. The lowest BCUT2D eigenvalue weighted by atomic mass is 10.1. The van der Waals surface area contributed by atoms with Crippen molar-refractivity contribution in [3.05, 3.63) is 71.3 Å². The molecule has 0 atom stereocenters. The van der Waals surface area contributed by atoms with Crippen LogP contribution in [0.15, 0.2) is 54.6 Å². The van der Waals surface area contributed by atoms with Crippen LogP contribution in [0.2, 0.25) is 0 Å². The Morgan fingerprint density at radius 1 is 1.00 bits per heavy atom. The Bertz CT molecular complexity index is 829. The largest absolute Gasteiger partial charge is 0.484 e. The number of halogens is 3. The van der Waals surface area contributed by atoms with Gasteiger partial charge in [-0.3, -0.25) is 20.4 Å². The summed E-state index contributed by atoms with van der Waals surface area (Å²) in [5, 5.41) is 0. The minimum atomic E-state index is -4.41. The lowest BCUT2D eigenvalue weighted by Crippen LogP contribution is -2.43. The number of nitrogens with one attached hydrogen (secondary N) is 2. The standard InChI is InChI=1S/C20H19F3N2O3/c1-2-14-5-10-17(11-6-14)28-13-19(27)25-24-18(26)12-7-15-3-8-16(9-4-15)20(21,22)23/h3-12H,2,13H2,1H3,(H,24,26)(H,25,27)/b12-7+. The van der Waals surface area contributed by atoms with Crippen LogP contribution < -0.4 is 15.6 Å². The smallest absolute Gasteiger partial charge is 0.416 e. The number of aryl methyl sites for hydroxylation is 1. The Hall–Kier alpha value is -3.29. The van der Waals surface area contributed by atoms with E-state index in [9.17, 15) is 22.8 Å². The number of hydrazine groups is 1. The van der Waals surface area contributed by atoms with E-state index in [2.05, 4.69) is 10.9 Å². The molecule has 2 aromatic rings. The third kappa shape index (κ3) is 6.79. The highest BCUT2D eigenvalue weighted by atomic mass is 19.4. The predicted molar refractivity (Wildman–Crippen MR) is 98.1 cm³/mol. The third-order valence-electron chi connectivity index (χ3n) is 3.69. The summed E-state index contributed by atoms with van der Waals surface area (Å²) in [6, 6.07) is 11.6. The minimum absolute atomic E-state index is 0.283. The van der Waals surface area contributed by atoms with Gasteiger partial charge in [0.2, 0.25) is 0 Å². The summed E-state index contributed by atoms with van der Waals surface area (Å²) in [5.41, 5.74) is 5.12. The Kier molecular flexibility index (Phi) is 7.20. The van der Waals surface area contributed by atoms with E-state index in [1.807, 2.05) is 19.1 Å². The van der Waals surface area contributed by atoms with Gasteiger partial charge in [0, 0.05) is 6.08 Å². The van der Waals surface area contributed by atoms with Crippen LogP contribution in [0, 0.1) is 0 Å². The second-order valence-electron chi connectivity index (χ2n) is 5.78. The van der Waals surface area contributed by atoms with Gasteiger partial charge in [-0.25, -0.2) is 0 Å². The maximum absolute atomic E-state index is 12.5. The van der Waals surface area contributed by atoms with Crippen molar-refractivity contribution in [3.63, 3.8) is 0 Å². The molecule has 5 nitrogen and oxygen atoms in total. The number of hydrogen-bond donors (Lipinski definition) is 2.